The molecule has 1 aromatic carbocycles. The summed E-state index contributed by atoms with van der Waals surface area (Å²) in [6.07, 6.45) is 2.21. The van der Waals surface area contributed by atoms with Crippen LogP contribution in [0.4, 0.5) is 5.82 Å². The number of aromatic nitrogens is 1. The predicted octanol–water partition coefficient (Wildman–Crippen LogP) is 2.67. The smallest absolute Gasteiger partial charge is 0.142 e. The first-order valence-electron chi connectivity index (χ1n) is 7.26. The average Bonchev–Trinajstić information content (AvgIpc) is 2.55. The first kappa shape index (κ1) is 13.6. The molecule has 0 bridgehead atoms. The van der Waals surface area contributed by atoms with Crippen LogP contribution >= 0.6 is 0 Å². The van der Waals surface area contributed by atoms with Crippen molar-refractivity contribution in [3.05, 3.63) is 47.5 Å². The fraction of sp³-hybridized carbons (Fsp3) is 0.294. The summed E-state index contributed by atoms with van der Waals surface area (Å²) in [6.45, 7) is 1.94. The second-order valence-electron chi connectivity index (χ2n) is 5.38. The number of hydrogen-bond acceptors (Lipinski definition) is 4. The van der Waals surface area contributed by atoms with Crippen LogP contribution in [0.5, 0.6) is 0 Å². The fourth-order valence-corrected chi connectivity index (χ4v) is 2.90. The number of nitriles is 1. The van der Waals surface area contributed by atoms with Crippen LogP contribution in [0.1, 0.15) is 29.9 Å². The van der Waals surface area contributed by atoms with E-state index < -0.39 is 0 Å². The van der Waals surface area contributed by atoms with Gasteiger partial charge in [0.25, 0.3) is 0 Å². The van der Waals surface area contributed by atoms with Gasteiger partial charge in [-0.15, -0.1) is 0 Å². The van der Waals surface area contributed by atoms with Crippen LogP contribution < -0.4 is 11.1 Å². The van der Waals surface area contributed by atoms with E-state index in [1.54, 1.807) is 0 Å². The molecular formula is C17H18N4. The standard InChI is InChI=1S/C17H18N4/c18-10-15-14(13-7-4-8-20-11-13)9-16(21-17(15)19)12-5-2-1-3-6-12/h1-3,5-6,9,13,20H,4,7-8,11H2,(H2,19,21). The summed E-state index contributed by atoms with van der Waals surface area (Å²) < 4.78 is 0. The number of pyridine rings is 1. The number of nitrogens with zero attached hydrogens (tertiary/aromatic N) is 2. The second kappa shape index (κ2) is 5.94. The van der Waals surface area contributed by atoms with E-state index in [9.17, 15) is 5.26 Å². The number of nitrogen functional groups attached to an aromatic ring is 1. The maximum atomic E-state index is 9.40. The van der Waals surface area contributed by atoms with E-state index in [4.69, 9.17) is 5.73 Å². The van der Waals surface area contributed by atoms with E-state index in [-0.39, 0.29) is 0 Å². The monoisotopic (exact) mass is 278 g/mol. The van der Waals surface area contributed by atoms with E-state index in [2.05, 4.69) is 16.4 Å². The Kier molecular flexibility index (Phi) is 3.85. The molecule has 1 aromatic heterocycles. The lowest BCUT2D eigenvalue weighted by Gasteiger charge is -2.24. The van der Waals surface area contributed by atoms with Crippen LogP contribution in [0.3, 0.4) is 0 Å². The Labute approximate surface area is 124 Å². The third-order valence-electron chi connectivity index (χ3n) is 4.00. The second-order valence-corrected chi connectivity index (χ2v) is 5.38. The molecule has 21 heavy (non-hydrogen) atoms. The Morgan fingerprint density at radius 1 is 1.29 bits per heavy atom. The molecule has 0 amide bonds. The molecule has 2 heterocycles. The van der Waals surface area contributed by atoms with Gasteiger partial charge >= 0.3 is 0 Å². The molecule has 0 spiro atoms. The minimum atomic E-state index is 0.333. The molecule has 0 saturated carbocycles. The largest absolute Gasteiger partial charge is 0.383 e. The summed E-state index contributed by atoms with van der Waals surface area (Å²) in [4.78, 5) is 4.40. The molecule has 4 heteroatoms. The molecule has 3 rings (SSSR count). The first-order valence-corrected chi connectivity index (χ1v) is 7.26. The van der Waals surface area contributed by atoms with Crippen molar-refractivity contribution in [1.82, 2.24) is 10.3 Å². The molecule has 1 aliphatic heterocycles. The summed E-state index contributed by atoms with van der Waals surface area (Å²) in [5, 5.41) is 12.8. The molecule has 3 N–H and O–H groups in total. The van der Waals surface area contributed by atoms with Crippen LogP contribution in [0.2, 0.25) is 0 Å². The molecule has 1 unspecified atom stereocenters. The van der Waals surface area contributed by atoms with Crippen LogP contribution in [-0.2, 0) is 0 Å². The molecule has 1 saturated heterocycles. The quantitative estimate of drug-likeness (QED) is 0.885. The molecule has 1 atom stereocenters. The summed E-state index contributed by atoms with van der Waals surface area (Å²) in [6, 6.07) is 14.2. The molecule has 1 aliphatic rings. The van der Waals surface area contributed by atoms with Crippen LogP contribution in [0, 0.1) is 11.3 Å². The highest BCUT2D eigenvalue weighted by Crippen LogP contribution is 2.31. The van der Waals surface area contributed by atoms with Crippen molar-refractivity contribution in [3.8, 4) is 17.3 Å². The lowest BCUT2D eigenvalue weighted by Crippen LogP contribution is -2.29. The zero-order valence-electron chi connectivity index (χ0n) is 11.8. The number of hydrogen-bond donors (Lipinski definition) is 2. The minimum Gasteiger partial charge on any atom is -0.383 e. The Bertz CT molecular complexity index is 667. The highest BCUT2D eigenvalue weighted by atomic mass is 14.9. The number of anilines is 1. The van der Waals surface area contributed by atoms with Crippen LogP contribution in [-0.4, -0.2) is 18.1 Å². The van der Waals surface area contributed by atoms with Crippen molar-refractivity contribution in [3.63, 3.8) is 0 Å². The highest BCUT2D eigenvalue weighted by molar-refractivity contribution is 5.66. The van der Waals surface area contributed by atoms with E-state index in [1.165, 1.54) is 0 Å². The maximum absolute atomic E-state index is 9.40. The van der Waals surface area contributed by atoms with Crippen LogP contribution in [0.15, 0.2) is 36.4 Å². The van der Waals surface area contributed by atoms with E-state index in [1.807, 2.05) is 36.4 Å². The van der Waals surface area contributed by atoms with Crippen molar-refractivity contribution in [1.29, 1.82) is 5.26 Å². The number of nitrogens with two attached hydrogens (primary N) is 1. The predicted molar refractivity (Wildman–Crippen MR) is 83.6 cm³/mol. The summed E-state index contributed by atoms with van der Waals surface area (Å²) in [7, 11) is 0. The Hall–Kier alpha value is -2.38. The Balaban J connectivity index is 2.09. The van der Waals surface area contributed by atoms with E-state index >= 15 is 0 Å². The van der Waals surface area contributed by atoms with Gasteiger partial charge in [0.15, 0.2) is 0 Å². The molecule has 2 aromatic rings. The van der Waals surface area contributed by atoms with Crippen molar-refractivity contribution in [2.45, 2.75) is 18.8 Å². The van der Waals surface area contributed by atoms with Crippen molar-refractivity contribution >= 4 is 5.82 Å². The van der Waals surface area contributed by atoms with Crippen LogP contribution in [0.25, 0.3) is 11.3 Å². The summed E-state index contributed by atoms with van der Waals surface area (Å²) in [5.41, 5.74) is 9.44. The normalized spacial score (nSPS) is 18.1. The molecule has 0 radical (unpaired) electrons. The SMILES string of the molecule is N#Cc1c(C2CCCNC2)cc(-c2ccccc2)nc1N. The summed E-state index contributed by atoms with van der Waals surface area (Å²) >= 11 is 0. The van der Waals surface area contributed by atoms with Gasteiger partial charge in [-0.05, 0) is 36.9 Å². The molecule has 0 aliphatic carbocycles. The van der Waals surface area contributed by atoms with Gasteiger partial charge in [-0.3, -0.25) is 0 Å². The number of rotatable bonds is 2. The number of benzene rings is 1. The average molecular weight is 278 g/mol. The van der Waals surface area contributed by atoms with Gasteiger partial charge < -0.3 is 11.1 Å². The molecule has 1 fully saturated rings. The highest BCUT2D eigenvalue weighted by Gasteiger charge is 2.21. The number of nitrogens with one attached hydrogen (secondary N) is 1. The van der Waals surface area contributed by atoms with E-state index in [0.29, 0.717) is 17.3 Å². The van der Waals surface area contributed by atoms with Gasteiger partial charge in [-0.2, -0.15) is 5.26 Å². The Morgan fingerprint density at radius 3 is 2.76 bits per heavy atom. The fourth-order valence-electron chi connectivity index (χ4n) is 2.90. The molecule has 106 valence electrons. The van der Waals surface area contributed by atoms with Gasteiger partial charge in [-0.25, -0.2) is 4.98 Å². The molecule has 4 nitrogen and oxygen atoms in total. The minimum absolute atomic E-state index is 0.333. The van der Waals surface area contributed by atoms with Crippen molar-refractivity contribution < 1.29 is 0 Å². The number of piperidine rings is 1. The lowest BCUT2D eigenvalue weighted by atomic mass is 9.88. The Morgan fingerprint density at radius 2 is 2.10 bits per heavy atom. The zero-order chi connectivity index (χ0) is 14.7. The third-order valence-corrected chi connectivity index (χ3v) is 4.00. The first-order chi connectivity index (χ1) is 10.3. The topological polar surface area (TPSA) is 74.7 Å². The summed E-state index contributed by atoms with van der Waals surface area (Å²) in [5.74, 6) is 0.667. The lowest BCUT2D eigenvalue weighted by molar-refractivity contribution is 0.461. The third kappa shape index (κ3) is 2.74. The van der Waals surface area contributed by atoms with Crippen molar-refractivity contribution in [2.75, 3.05) is 18.8 Å². The van der Waals surface area contributed by atoms with Gasteiger partial charge in [0.05, 0.1) is 11.3 Å². The maximum Gasteiger partial charge on any atom is 0.142 e. The molecular weight excluding hydrogens is 260 g/mol. The van der Waals surface area contributed by atoms with Crippen molar-refractivity contribution in [2.24, 2.45) is 0 Å². The van der Waals surface area contributed by atoms with Gasteiger partial charge in [0, 0.05) is 12.1 Å². The van der Waals surface area contributed by atoms with Gasteiger partial charge in [0.1, 0.15) is 11.9 Å². The van der Waals surface area contributed by atoms with Gasteiger partial charge in [0.2, 0.25) is 0 Å². The van der Waals surface area contributed by atoms with Gasteiger partial charge in [-0.1, -0.05) is 30.3 Å². The zero-order valence-corrected chi connectivity index (χ0v) is 11.8. The van der Waals surface area contributed by atoms with E-state index in [0.717, 1.165) is 42.8 Å².